The Bertz CT molecular complexity index is 960. The number of likely N-dealkylation sites (N-methyl/N-ethyl adjacent to an activating group) is 1. The second kappa shape index (κ2) is 13.2. The second-order valence-electron chi connectivity index (χ2n) is 9.03. The Kier molecular flexibility index (Phi) is 10.7. The topological polar surface area (TPSA) is 66.5 Å². The summed E-state index contributed by atoms with van der Waals surface area (Å²) in [5.41, 5.74) is 1.29. The fourth-order valence-electron chi connectivity index (χ4n) is 4.61. The van der Waals surface area contributed by atoms with E-state index >= 15 is 0 Å². The van der Waals surface area contributed by atoms with E-state index in [1.54, 1.807) is 28.4 Å². The van der Waals surface area contributed by atoms with Crippen LogP contribution in [0.2, 0.25) is 0 Å². The zero-order valence-corrected chi connectivity index (χ0v) is 22.5. The minimum Gasteiger partial charge on any atom is -0.493 e. The predicted octanol–water partition coefficient (Wildman–Crippen LogP) is 4.74. The molecule has 0 aromatic heterocycles. The Morgan fingerprint density at radius 3 is 1.94 bits per heavy atom. The zero-order valence-electron chi connectivity index (χ0n) is 22.5. The molecule has 35 heavy (non-hydrogen) atoms. The van der Waals surface area contributed by atoms with Crippen LogP contribution in [0.5, 0.6) is 23.0 Å². The molecule has 1 unspecified atom stereocenters. The number of carbonyl (C=O) groups excluding carboxylic acids is 1. The average Bonchev–Trinajstić information content (AvgIpc) is 2.88. The van der Waals surface area contributed by atoms with Crippen molar-refractivity contribution in [3.63, 3.8) is 0 Å². The summed E-state index contributed by atoms with van der Waals surface area (Å²) < 4.78 is 27.0. The van der Waals surface area contributed by atoms with Gasteiger partial charge in [-0.15, -0.1) is 0 Å². The van der Waals surface area contributed by atoms with E-state index < -0.39 is 5.41 Å². The van der Waals surface area contributed by atoms with Crippen LogP contribution in [0, 0.1) is 5.92 Å². The standard InChI is InChI=1S/C28H41NO6/c1-20(2)28(27(30)35-8,22-11-13-24(32-5)26(19-22)34-7)15-9-16-29(3)17-14-21-10-12-23(31-4)25(18-21)33-6/h10-13,18-20H,9,14-17H2,1-8H3. The molecule has 0 aliphatic heterocycles. The summed E-state index contributed by atoms with van der Waals surface area (Å²) in [6.07, 6.45) is 2.39. The third-order valence-electron chi connectivity index (χ3n) is 6.78. The molecule has 0 fully saturated rings. The minimum atomic E-state index is -0.779. The van der Waals surface area contributed by atoms with Crippen molar-refractivity contribution in [3.8, 4) is 23.0 Å². The summed E-state index contributed by atoms with van der Waals surface area (Å²) in [6.45, 7) is 5.87. The number of esters is 1. The molecule has 0 aliphatic carbocycles. The molecule has 2 aromatic carbocycles. The van der Waals surface area contributed by atoms with Crippen LogP contribution in [-0.4, -0.2) is 66.6 Å². The van der Waals surface area contributed by atoms with Gasteiger partial charge in [0.15, 0.2) is 23.0 Å². The molecule has 0 saturated carbocycles. The Morgan fingerprint density at radius 1 is 0.829 bits per heavy atom. The molecule has 7 heteroatoms. The fourth-order valence-corrected chi connectivity index (χ4v) is 4.61. The molecular weight excluding hydrogens is 446 g/mol. The van der Waals surface area contributed by atoms with Crippen molar-refractivity contribution in [2.24, 2.45) is 5.92 Å². The average molecular weight is 488 g/mol. The van der Waals surface area contributed by atoms with Crippen molar-refractivity contribution in [1.82, 2.24) is 4.90 Å². The molecule has 0 saturated heterocycles. The van der Waals surface area contributed by atoms with E-state index in [0.29, 0.717) is 17.9 Å². The van der Waals surface area contributed by atoms with Gasteiger partial charge >= 0.3 is 5.97 Å². The molecule has 0 radical (unpaired) electrons. The van der Waals surface area contributed by atoms with Gasteiger partial charge in [-0.1, -0.05) is 26.0 Å². The van der Waals surface area contributed by atoms with Gasteiger partial charge in [0, 0.05) is 6.54 Å². The van der Waals surface area contributed by atoms with Gasteiger partial charge < -0.3 is 28.6 Å². The molecule has 0 heterocycles. The third-order valence-corrected chi connectivity index (χ3v) is 6.78. The third kappa shape index (κ3) is 6.60. The van der Waals surface area contributed by atoms with E-state index in [0.717, 1.165) is 43.0 Å². The first-order chi connectivity index (χ1) is 16.8. The maximum atomic E-state index is 13.2. The lowest BCUT2D eigenvalue weighted by Gasteiger charge is -2.36. The molecule has 0 bridgehead atoms. The Balaban J connectivity index is 2.12. The molecule has 0 amide bonds. The summed E-state index contributed by atoms with van der Waals surface area (Å²) in [7, 11) is 10.0. The SMILES string of the molecule is COC(=O)C(CCCN(C)CCc1ccc(OC)c(OC)c1)(c1ccc(OC)c(OC)c1)C(C)C. The van der Waals surface area contributed by atoms with Crippen LogP contribution in [0.15, 0.2) is 36.4 Å². The Labute approximate surface area is 210 Å². The zero-order chi connectivity index (χ0) is 26.0. The quantitative estimate of drug-likeness (QED) is 0.357. The summed E-state index contributed by atoms with van der Waals surface area (Å²) in [5.74, 6) is 2.51. The van der Waals surface area contributed by atoms with Crippen LogP contribution in [0.1, 0.15) is 37.8 Å². The van der Waals surface area contributed by atoms with Gasteiger partial charge in [-0.05, 0) is 74.2 Å². The van der Waals surface area contributed by atoms with Crippen molar-refractivity contribution in [2.45, 2.75) is 38.5 Å². The lowest BCUT2D eigenvalue weighted by atomic mass is 9.68. The molecule has 0 N–H and O–H groups in total. The normalized spacial score (nSPS) is 12.9. The minimum absolute atomic E-state index is 0.0325. The molecule has 2 aromatic rings. The van der Waals surface area contributed by atoms with E-state index in [1.807, 2.05) is 30.3 Å². The van der Waals surface area contributed by atoms with E-state index in [1.165, 1.54) is 12.7 Å². The number of hydrogen-bond donors (Lipinski definition) is 0. The van der Waals surface area contributed by atoms with Crippen LogP contribution in [0.3, 0.4) is 0 Å². The molecule has 0 aliphatic rings. The first-order valence-corrected chi connectivity index (χ1v) is 12.0. The molecule has 7 nitrogen and oxygen atoms in total. The van der Waals surface area contributed by atoms with Crippen LogP contribution in [-0.2, 0) is 21.4 Å². The van der Waals surface area contributed by atoms with Gasteiger partial charge in [-0.3, -0.25) is 4.79 Å². The molecule has 1 atom stereocenters. The number of benzene rings is 2. The van der Waals surface area contributed by atoms with E-state index in [2.05, 4.69) is 31.9 Å². The first kappa shape index (κ1) is 28.3. The highest BCUT2D eigenvalue weighted by molar-refractivity contribution is 5.84. The van der Waals surface area contributed by atoms with Gasteiger partial charge in [-0.25, -0.2) is 0 Å². The van der Waals surface area contributed by atoms with Gasteiger partial charge in [0.05, 0.1) is 41.0 Å². The maximum Gasteiger partial charge on any atom is 0.316 e. The molecular formula is C28H41NO6. The highest BCUT2D eigenvalue weighted by Gasteiger charge is 2.44. The molecule has 0 spiro atoms. The van der Waals surface area contributed by atoms with Crippen molar-refractivity contribution < 1.29 is 28.5 Å². The largest absolute Gasteiger partial charge is 0.493 e. The monoisotopic (exact) mass is 487 g/mol. The smallest absolute Gasteiger partial charge is 0.316 e. The van der Waals surface area contributed by atoms with Crippen molar-refractivity contribution >= 4 is 5.97 Å². The summed E-state index contributed by atoms with van der Waals surface area (Å²) in [5, 5.41) is 0. The van der Waals surface area contributed by atoms with Gasteiger partial charge in [0.25, 0.3) is 0 Å². The maximum absolute atomic E-state index is 13.2. The van der Waals surface area contributed by atoms with E-state index in [4.69, 9.17) is 23.7 Å². The highest BCUT2D eigenvalue weighted by Crippen LogP contribution is 2.42. The van der Waals surface area contributed by atoms with Crippen LogP contribution in [0.4, 0.5) is 0 Å². The van der Waals surface area contributed by atoms with Crippen LogP contribution in [0.25, 0.3) is 0 Å². The summed E-state index contributed by atoms with van der Waals surface area (Å²) >= 11 is 0. The van der Waals surface area contributed by atoms with Crippen molar-refractivity contribution in [1.29, 1.82) is 0 Å². The lowest BCUT2D eigenvalue weighted by Crippen LogP contribution is -2.42. The number of hydrogen-bond acceptors (Lipinski definition) is 7. The molecule has 2 rings (SSSR count). The summed E-state index contributed by atoms with van der Waals surface area (Å²) in [4.78, 5) is 15.5. The first-order valence-electron chi connectivity index (χ1n) is 12.0. The van der Waals surface area contributed by atoms with Gasteiger partial charge in [0.1, 0.15) is 0 Å². The Morgan fingerprint density at radius 2 is 1.40 bits per heavy atom. The number of ether oxygens (including phenoxy) is 5. The number of methoxy groups -OCH3 is 5. The van der Waals surface area contributed by atoms with Crippen LogP contribution < -0.4 is 18.9 Å². The number of rotatable bonds is 14. The fraction of sp³-hybridized carbons (Fsp3) is 0.536. The molecule has 194 valence electrons. The van der Waals surface area contributed by atoms with E-state index in [9.17, 15) is 4.79 Å². The Hall–Kier alpha value is -2.93. The van der Waals surface area contributed by atoms with Gasteiger partial charge in [-0.2, -0.15) is 0 Å². The number of nitrogens with zero attached hydrogens (tertiary/aromatic N) is 1. The second-order valence-corrected chi connectivity index (χ2v) is 9.03. The van der Waals surface area contributed by atoms with Crippen LogP contribution >= 0.6 is 0 Å². The van der Waals surface area contributed by atoms with Crippen molar-refractivity contribution in [3.05, 3.63) is 47.5 Å². The van der Waals surface area contributed by atoms with E-state index in [-0.39, 0.29) is 11.9 Å². The predicted molar refractivity (Wildman–Crippen MR) is 138 cm³/mol. The number of carbonyl (C=O) groups is 1. The lowest BCUT2D eigenvalue weighted by molar-refractivity contribution is -0.150. The highest BCUT2D eigenvalue weighted by atomic mass is 16.5. The van der Waals surface area contributed by atoms with Gasteiger partial charge in [0.2, 0.25) is 0 Å². The van der Waals surface area contributed by atoms with Crippen molar-refractivity contribution in [2.75, 3.05) is 55.7 Å². The summed E-state index contributed by atoms with van der Waals surface area (Å²) in [6, 6.07) is 11.7.